The summed E-state index contributed by atoms with van der Waals surface area (Å²) in [5, 5.41) is 22.2. The summed E-state index contributed by atoms with van der Waals surface area (Å²) >= 11 is 0. The molecule has 0 saturated carbocycles. The van der Waals surface area contributed by atoms with E-state index in [0.717, 1.165) is 15.9 Å². The van der Waals surface area contributed by atoms with Crippen molar-refractivity contribution in [3.05, 3.63) is 100 Å². The monoisotopic (exact) mass is 421 g/mol. The van der Waals surface area contributed by atoms with Gasteiger partial charge in [-0.05, 0) is 39.4 Å². The minimum absolute atomic E-state index is 0.0264. The number of aliphatic hydroxyl groups is 1. The Hall–Kier alpha value is -2.80. The summed E-state index contributed by atoms with van der Waals surface area (Å²) < 4.78 is 0. The minimum atomic E-state index is -3.11. The SMILES string of the molecule is CC(C)(CCc1ccc([N+](=O)[O-])cc1CO)[Si](O)(c1ccccc1)c1ccccc1. The number of rotatable bonds is 8. The fourth-order valence-corrected chi connectivity index (χ4v) is 7.78. The van der Waals surface area contributed by atoms with Gasteiger partial charge in [0.1, 0.15) is 0 Å². The average Bonchev–Trinajstić information content (AvgIpc) is 2.78. The number of nitro groups is 1. The molecular weight excluding hydrogens is 394 g/mol. The standard InChI is InChI=1S/C24H27NO4Si/c1-24(2,16-15-19-13-14-21(25(27)28)17-20(19)18-26)30(29,22-9-5-3-6-10-22)23-11-7-4-8-12-23/h3-14,17,26,29H,15-16,18H2,1-2H3. The van der Waals surface area contributed by atoms with Gasteiger partial charge in [0.05, 0.1) is 11.5 Å². The second kappa shape index (κ2) is 8.91. The van der Waals surface area contributed by atoms with Gasteiger partial charge in [0.15, 0.2) is 0 Å². The maximum absolute atomic E-state index is 12.2. The molecule has 0 radical (unpaired) electrons. The maximum atomic E-state index is 12.2. The number of hydrogen-bond donors (Lipinski definition) is 2. The number of nitro benzene ring substituents is 1. The van der Waals surface area contributed by atoms with Crippen LogP contribution in [0.15, 0.2) is 78.9 Å². The van der Waals surface area contributed by atoms with Crippen LogP contribution in [0.1, 0.15) is 31.4 Å². The molecule has 3 rings (SSSR count). The van der Waals surface area contributed by atoms with E-state index in [4.69, 9.17) is 0 Å². The molecule has 5 nitrogen and oxygen atoms in total. The molecule has 30 heavy (non-hydrogen) atoms. The lowest BCUT2D eigenvalue weighted by atomic mass is 9.97. The molecule has 6 heteroatoms. The molecule has 3 aromatic carbocycles. The molecule has 0 aliphatic carbocycles. The number of nitrogens with zero attached hydrogens (tertiary/aromatic N) is 1. The lowest BCUT2D eigenvalue weighted by molar-refractivity contribution is -0.385. The van der Waals surface area contributed by atoms with Crippen LogP contribution in [0, 0.1) is 10.1 Å². The zero-order valence-electron chi connectivity index (χ0n) is 17.3. The Labute approximate surface area is 177 Å². The summed E-state index contributed by atoms with van der Waals surface area (Å²) in [5.74, 6) is 0. The molecule has 0 bridgehead atoms. The van der Waals surface area contributed by atoms with Crippen molar-refractivity contribution in [2.24, 2.45) is 0 Å². The van der Waals surface area contributed by atoms with E-state index in [1.807, 2.05) is 60.7 Å². The van der Waals surface area contributed by atoms with Crippen LogP contribution < -0.4 is 10.4 Å². The van der Waals surface area contributed by atoms with Crippen LogP contribution in [0.2, 0.25) is 5.04 Å². The molecule has 0 unspecified atom stereocenters. The van der Waals surface area contributed by atoms with Gasteiger partial charge in [-0.1, -0.05) is 80.6 Å². The first-order valence-electron chi connectivity index (χ1n) is 10.00. The van der Waals surface area contributed by atoms with Gasteiger partial charge in [0.25, 0.3) is 14.0 Å². The smallest absolute Gasteiger partial charge is 0.269 e. The van der Waals surface area contributed by atoms with Gasteiger partial charge in [-0.15, -0.1) is 0 Å². The van der Waals surface area contributed by atoms with Crippen molar-refractivity contribution in [2.45, 2.75) is 38.3 Å². The first kappa shape index (κ1) is 21.9. The van der Waals surface area contributed by atoms with Crippen molar-refractivity contribution < 1.29 is 14.8 Å². The Morgan fingerprint density at radius 3 is 1.90 bits per heavy atom. The van der Waals surface area contributed by atoms with Crippen molar-refractivity contribution in [1.82, 2.24) is 0 Å². The third-order valence-electron chi connectivity index (χ3n) is 5.95. The largest absolute Gasteiger partial charge is 0.424 e. The minimum Gasteiger partial charge on any atom is -0.424 e. The number of non-ortho nitro benzene ring substituents is 1. The molecule has 0 atom stereocenters. The van der Waals surface area contributed by atoms with Crippen LogP contribution in [0.4, 0.5) is 5.69 Å². The van der Waals surface area contributed by atoms with Crippen molar-refractivity contribution in [3.63, 3.8) is 0 Å². The third kappa shape index (κ3) is 4.21. The zero-order chi connectivity index (χ0) is 21.8. The summed E-state index contributed by atoms with van der Waals surface area (Å²) in [4.78, 5) is 22.8. The second-order valence-corrected chi connectivity index (χ2v) is 12.1. The molecule has 0 aliphatic heterocycles. The van der Waals surface area contributed by atoms with E-state index in [-0.39, 0.29) is 12.3 Å². The lowest BCUT2D eigenvalue weighted by Gasteiger charge is -2.41. The Balaban J connectivity index is 1.96. The second-order valence-electron chi connectivity index (χ2n) is 8.19. The lowest BCUT2D eigenvalue weighted by Crippen LogP contribution is -2.65. The van der Waals surface area contributed by atoms with E-state index < -0.39 is 18.3 Å². The molecular formula is C24H27NO4Si. The van der Waals surface area contributed by atoms with Crippen molar-refractivity contribution >= 4 is 24.4 Å². The van der Waals surface area contributed by atoms with Gasteiger partial charge in [0.2, 0.25) is 0 Å². The Kier molecular flexibility index (Phi) is 6.51. The highest BCUT2D eigenvalue weighted by Crippen LogP contribution is 2.40. The van der Waals surface area contributed by atoms with Crippen LogP contribution in [0.25, 0.3) is 0 Å². The van der Waals surface area contributed by atoms with Crippen molar-refractivity contribution in [1.29, 1.82) is 0 Å². The summed E-state index contributed by atoms with van der Waals surface area (Å²) in [6.45, 7) is 3.92. The maximum Gasteiger partial charge on any atom is 0.269 e. The third-order valence-corrected chi connectivity index (χ3v) is 10.5. The number of hydrogen-bond acceptors (Lipinski definition) is 4. The van der Waals surface area contributed by atoms with Crippen LogP contribution in [0.3, 0.4) is 0 Å². The van der Waals surface area contributed by atoms with Crippen LogP contribution >= 0.6 is 0 Å². The summed E-state index contributed by atoms with van der Waals surface area (Å²) in [5.41, 5.74) is 1.40. The number of benzene rings is 3. The van der Waals surface area contributed by atoms with Gasteiger partial charge in [-0.3, -0.25) is 10.1 Å². The molecule has 0 saturated heterocycles. The predicted molar refractivity (Wildman–Crippen MR) is 122 cm³/mol. The molecule has 0 amide bonds. The van der Waals surface area contributed by atoms with Crippen molar-refractivity contribution in [2.75, 3.05) is 0 Å². The highest BCUT2D eigenvalue weighted by molar-refractivity contribution is 6.98. The van der Waals surface area contributed by atoms with E-state index in [0.29, 0.717) is 18.4 Å². The van der Waals surface area contributed by atoms with Crippen LogP contribution in [-0.2, 0) is 13.0 Å². The highest BCUT2D eigenvalue weighted by Gasteiger charge is 2.49. The Morgan fingerprint density at radius 2 is 1.43 bits per heavy atom. The molecule has 0 fully saturated rings. The van der Waals surface area contributed by atoms with Crippen LogP contribution in [-0.4, -0.2) is 23.1 Å². The van der Waals surface area contributed by atoms with E-state index in [2.05, 4.69) is 13.8 Å². The Bertz CT molecular complexity index is 967. The van der Waals surface area contributed by atoms with E-state index in [1.54, 1.807) is 6.07 Å². The molecule has 0 aromatic heterocycles. The summed E-state index contributed by atoms with van der Waals surface area (Å²) in [6.07, 6.45) is 1.28. The zero-order valence-corrected chi connectivity index (χ0v) is 18.3. The van der Waals surface area contributed by atoms with Gasteiger partial charge in [-0.25, -0.2) is 0 Å². The Morgan fingerprint density at radius 1 is 0.900 bits per heavy atom. The molecule has 0 spiro atoms. The quantitative estimate of drug-likeness (QED) is 0.331. The number of aliphatic hydroxyl groups excluding tert-OH is 1. The van der Waals surface area contributed by atoms with Crippen LogP contribution in [0.5, 0.6) is 0 Å². The molecule has 0 heterocycles. The molecule has 156 valence electrons. The van der Waals surface area contributed by atoms with Gasteiger partial charge in [-0.2, -0.15) is 0 Å². The normalized spacial score (nSPS) is 12.0. The summed E-state index contributed by atoms with van der Waals surface area (Å²) in [6, 6.07) is 24.3. The van der Waals surface area contributed by atoms with Gasteiger partial charge >= 0.3 is 0 Å². The highest BCUT2D eigenvalue weighted by atomic mass is 28.4. The fourth-order valence-electron chi connectivity index (χ4n) is 4.05. The molecule has 3 aromatic rings. The van der Waals surface area contributed by atoms with E-state index in [1.165, 1.54) is 12.1 Å². The van der Waals surface area contributed by atoms with E-state index >= 15 is 0 Å². The topological polar surface area (TPSA) is 83.6 Å². The summed E-state index contributed by atoms with van der Waals surface area (Å²) in [7, 11) is -3.11. The average molecular weight is 422 g/mol. The first-order valence-corrected chi connectivity index (χ1v) is 11.9. The first-order chi connectivity index (χ1) is 14.3. The van der Waals surface area contributed by atoms with Gasteiger partial charge < -0.3 is 9.90 Å². The van der Waals surface area contributed by atoms with E-state index in [9.17, 15) is 20.0 Å². The predicted octanol–water partition coefficient (Wildman–Crippen LogP) is 3.55. The van der Waals surface area contributed by atoms with Gasteiger partial charge in [0, 0.05) is 12.1 Å². The van der Waals surface area contributed by atoms with Crippen molar-refractivity contribution in [3.8, 4) is 0 Å². The molecule has 0 aliphatic rings. The number of aryl methyl sites for hydroxylation is 1. The fraction of sp³-hybridized carbons (Fsp3) is 0.250. The molecule has 2 N–H and O–H groups in total.